The largest absolute Gasteiger partial charge is 0.331 e. The van der Waals surface area contributed by atoms with Crippen LogP contribution in [-0.2, 0) is 4.79 Å². The number of thiazole rings is 1. The number of nitrogens with zero attached hydrogens (tertiary/aromatic N) is 2. The fourth-order valence-corrected chi connectivity index (χ4v) is 3.75. The molecule has 154 valence electrons. The summed E-state index contributed by atoms with van der Waals surface area (Å²) in [4.78, 5) is 21.4. The second-order valence-corrected chi connectivity index (χ2v) is 7.98. The summed E-state index contributed by atoms with van der Waals surface area (Å²) in [6.07, 6.45) is 5.42. The topological polar surface area (TPSA) is 66.9 Å². The maximum atomic E-state index is 12.6. The van der Waals surface area contributed by atoms with Crippen molar-refractivity contribution in [3.63, 3.8) is 0 Å². The number of amides is 1. The standard InChI is InChI=1S/C25H22N4OS/c1-17-10-11-21(27-24(30)18(2)13-19-7-4-3-5-8-19)14-22(17)28-25-29-23(16-31-25)20-9-6-12-26-15-20/h3-16H,1-2H3,(H,27,30)(H,28,29)/b18-13-. The third kappa shape index (κ3) is 5.24. The molecule has 0 fully saturated rings. The Morgan fingerprint density at radius 1 is 1.06 bits per heavy atom. The van der Waals surface area contributed by atoms with Crippen molar-refractivity contribution in [3.8, 4) is 11.3 Å². The van der Waals surface area contributed by atoms with Crippen molar-refractivity contribution >= 4 is 39.8 Å². The molecule has 2 aromatic carbocycles. The van der Waals surface area contributed by atoms with Crippen molar-refractivity contribution in [2.75, 3.05) is 10.6 Å². The van der Waals surface area contributed by atoms with Crippen LogP contribution in [0.3, 0.4) is 0 Å². The number of aryl methyl sites for hydroxylation is 1. The average Bonchev–Trinajstić information content (AvgIpc) is 3.26. The van der Waals surface area contributed by atoms with Crippen molar-refractivity contribution in [3.05, 3.63) is 95.1 Å². The molecule has 2 N–H and O–H groups in total. The maximum absolute atomic E-state index is 12.6. The first-order valence-electron chi connectivity index (χ1n) is 9.87. The van der Waals surface area contributed by atoms with E-state index in [2.05, 4.69) is 20.6 Å². The predicted octanol–water partition coefficient (Wildman–Crippen LogP) is 6.30. The molecule has 4 rings (SSSR count). The van der Waals surface area contributed by atoms with Crippen LogP contribution in [0, 0.1) is 6.92 Å². The van der Waals surface area contributed by atoms with Crippen molar-refractivity contribution in [2.45, 2.75) is 13.8 Å². The molecule has 31 heavy (non-hydrogen) atoms. The van der Waals surface area contributed by atoms with Crippen LogP contribution in [0.4, 0.5) is 16.5 Å². The van der Waals surface area contributed by atoms with E-state index in [1.807, 2.05) is 86.0 Å². The molecule has 0 radical (unpaired) electrons. The number of nitrogens with one attached hydrogen (secondary N) is 2. The molecule has 5 nitrogen and oxygen atoms in total. The first-order chi connectivity index (χ1) is 15.1. The van der Waals surface area contributed by atoms with E-state index in [9.17, 15) is 4.79 Å². The third-order valence-corrected chi connectivity index (χ3v) is 5.50. The zero-order valence-electron chi connectivity index (χ0n) is 17.3. The molecule has 0 saturated carbocycles. The summed E-state index contributed by atoms with van der Waals surface area (Å²) < 4.78 is 0. The first-order valence-corrected chi connectivity index (χ1v) is 10.7. The summed E-state index contributed by atoms with van der Waals surface area (Å²) in [5.74, 6) is -0.133. The van der Waals surface area contributed by atoms with Crippen LogP contribution < -0.4 is 10.6 Å². The van der Waals surface area contributed by atoms with Crippen LogP contribution >= 0.6 is 11.3 Å². The van der Waals surface area contributed by atoms with E-state index in [1.165, 1.54) is 11.3 Å². The number of anilines is 3. The van der Waals surface area contributed by atoms with Crippen LogP contribution in [0.15, 0.2) is 84.0 Å². The lowest BCUT2D eigenvalue weighted by Gasteiger charge is -2.11. The van der Waals surface area contributed by atoms with E-state index < -0.39 is 0 Å². The van der Waals surface area contributed by atoms with E-state index in [0.717, 1.165) is 38.9 Å². The SMILES string of the molecule is C/C(=C/c1ccccc1)C(=O)Nc1ccc(C)c(Nc2nc(-c3cccnc3)cs2)c1. The third-order valence-electron chi connectivity index (χ3n) is 4.74. The number of hydrogen-bond donors (Lipinski definition) is 2. The molecule has 2 heterocycles. The Hall–Kier alpha value is -3.77. The van der Waals surface area contributed by atoms with Crippen LogP contribution in [0.1, 0.15) is 18.1 Å². The molecule has 6 heteroatoms. The van der Waals surface area contributed by atoms with Gasteiger partial charge in [0.15, 0.2) is 5.13 Å². The van der Waals surface area contributed by atoms with E-state index in [-0.39, 0.29) is 5.91 Å². The Bertz CT molecular complexity index is 1220. The Kier molecular flexibility index (Phi) is 6.19. The number of aromatic nitrogens is 2. The van der Waals surface area contributed by atoms with Gasteiger partial charge in [-0.3, -0.25) is 9.78 Å². The quantitative estimate of drug-likeness (QED) is 0.355. The lowest BCUT2D eigenvalue weighted by atomic mass is 10.1. The summed E-state index contributed by atoms with van der Waals surface area (Å²) in [5, 5.41) is 9.12. The maximum Gasteiger partial charge on any atom is 0.251 e. The summed E-state index contributed by atoms with van der Waals surface area (Å²) in [5.41, 5.74) is 6.18. The van der Waals surface area contributed by atoms with Gasteiger partial charge in [-0.1, -0.05) is 36.4 Å². The minimum atomic E-state index is -0.133. The van der Waals surface area contributed by atoms with Crippen molar-refractivity contribution in [2.24, 2.45) is 0 Å². The molecule has 0 bridgehead atoms. The Balaban J connectivity index is 1.48. The molecule has 0 spiro atoms. The number of pyridine rings is 1. The summed E-state index contributed by atoms with van der Waals surface area (Å²) in [6.45, 7) is 3.83. The zero-order chi connectivity index (χ0) is 21.6. The van der Waals surface area contributed by atoms with Gasteiger partial charge in [0.1, 0.15) is 0 Å². The average molecular weight is 427 g/mol. The highest BCUT2D eigenvalue weighted by Crippen LogP contribution is 2.29. The summed E-state index contributed by atoms with van der Waals surface area (Å²) in [6, 6.07) is 19.5. The fourth-order valence-electron chi connectivity index (χ4n) is 3.02. The second-order valence-electron chi connectivity index (χ2n) is 7.13. The molecule has 1 amide bonds. The molecule has 0 aliphatic rings. The smallest absolute Gasteiger partial charge is 0.251 e. The minimum Gasteiger partial charge on any atom is -0.331 e. The minimum absolute atomic E-state index is 0.133. The summed E-state index contributed by atoms with van der Waals surface area (Å²) in [7, 11) is 0. The van der Waals surface area contributed by atoms with Gasteiger partial charge in [-0.05, 0) is 55.3 Å². The van der Waals surface area contributed by atoms with Gasteiger partial charge in [-0.2, -0.15) is 0 Å². The number of carbonyl (C=O) groups is 1. The van der Waals surface area contributed by atoms with E-state index in [4.69, 9.17) is 0 Å². The van der Waals surface area contributed by atoms with Crippen molar-refractivity contribution < 1.29 is 4.79 Å². The monoisotopic (exact) mass is 426 g/mol. The van der Waals surface area contributed by atoms with Gasteiger partial charge in [0, 0.05) is 40.3 Å². The van der Waals surface area contributed by atoms with Crippen molar-refractivity contribution in [1.82, 2.24) is 9.97 Å². The first kappa shape index (κ1) is 20.5. The number of rotatable bonds is 6. The highest BCUT2D eigenvalue weighted by Gasteiger charge is 2.09. The van der Waals surface area contributed by atoms with E-state index in [1.54, 1.807) is 12.4 Å². The van der Waals surface area contributed by atoms with Gasteiger partial charge < -0.3 is 10.6 Å². The molecule has 0 atom stereocenters. The van der Waals surface area contributed by atoms with Crippen LogP contribution in [0.25, 0.3) is 17.3 Å². The Morgan fingerprint density at radius 3 is 2.68 bits per heavy atom. The van der Waals surface area contributed by atoms with Gasteiger partial charge in [-0.15, -0.1) is 11.3 Å². The number of benzene rings is 2. The van der Waals surface area contributed by atoms with Crippen LogP contribution in [0.2, 0.25) is 0 Å². The predicted molar refractivity (Wildman–Crippen MR) is 129 cm³/mol. The Labute approximate surface area is 185 Å². The van der Waals surface area contributed by atoms with Crippen LogP contribution in [-0.4, -0.2) is 15.9 Å². The number of hydrogen-bond acceptors (Lipinski definition) is 5. The van der Waals surface area contributed by atoms with E-state index in [0.29, 0.717) is 5.57 Å². The van der Waals surface area contributed by atoms with Crippen LogP contribution in [0.5, 0.6) is 0 Å². The molecular weight excluding hydrogens is 404 g/mol. The van der Waals surface area contributed by atoms with Gasteiger partial charge >= 0.3 is 0 Å². The highest BCUT2D eigenvalue weighted by atomic mass is 32.1. The fraction of sp³-hybridized carbons (Fsp3) is 0.0800. The van der Waals surface area contributed by atoms with Crippen molar-refractivity contribution in [1.29, 1.82) is 0 Å². The molecule has 0 saturated heterocycles. The molecule has 2 aromatic heterocycles. The van der Waals surface area contributed by atoms with Gasteiger partial charge in [0.05, 0.1) is 5.69 Å². The highest BCUT2D eigenvalue weighted by molar-refractivity contribution is 7.14. The molecular formula is C25H22N4OS. The normalized spacial score (nSPS) is 11.2. The molecule has 0 unspecified atom stereocenters. The van der Waals surface area contributed by atoms with Gasteiger partial charge in [0.25, 0.3) is 5.91 Å². The lowest BCUT2D eigenvalue weighted by Crippen LogP contribution is -2.12. The lowest BCUT2D eigenvalue weighted by molar-refractivity contribution is -0.112. The van der Waals surface area contributed by atoms with Gasteiger partial charge in [0.2, 0.25) is 0 Å². The number of carbonyl (C=O) groups excluding carboxylic acids is 1. The Morgan fingerprint density at radius 2 is 1.90 bits per heavy atom. The second kappa shape index (κ2) is 9.36. The zero-order valence-corrected chi connectivity index (χ0v) is 18.1. The summed E-state index contributed by atoms with van der Waals surface area (Å²) >= 11 is 1.53. The van der Waals surface area contributed by atoms with E-state index >= 15 is 0 Å². The molecule has 0 aliphatic heterocycles. The van der Waals surface area contributed by atoms with Gasteiger partial charge in [-0.25, -0.2) is 4.98 Å². The molecule has 0 aliphatic carbocycles. The molecule has 4 aromatic rings.